The van der Waals surface area contributed by atoms with Gasteiger partial charge in [0, 0.05) is 19.0 Å². The fourth-order valence-electron chi connectivity index (χ4n) is 6.13. The largest absolute Gasteiger partial charge is 0.772 e. The summed E-state index contributed by atoms with van der Waals surface area (Å²) in [5.74, 6) is 1.31. The van der Waals surface area contributed by atoms with Gasteiger partial charge in [0.1, 0.15) is 0 Å². The van der Waals surface area contributed by atoms with E-state index in [1.165, 1.54) is 4.57 Å². The molecule has 6 atom stereocenters. The van der Waals surface area contributed by atoms with Crippen molar-refractivity contribution in [3.8, 4) is 5.69 Å². The van der Waals surface area contributed by atoms with Gasteiger partial charge in [-0.3, -0.25) is 5.43 Å². The molecule has 6 rings (SSSR count). The van der Waals surface area contributed by atoms with E-state index in [4.69, 9.17) is 0 Å². The van der Waals surface area contributed by atoms with Crippen LogP contribution in [0, 0.1) is 28.9 Å². The first kappa shape index (κ1) is 14.1. The Morgan fingerprint density at radius 1 is 1.00 bits per heavy atom. The molecule has 130 valence electrons. The smallest absolute Gasteiger partial charge is 0.352 e. The number of aromatic nitrogens is 3. The summed E-state index contributed by atoms with van der Waals surface area (Å²) in [4.78, 5) is 26.1. The minimum absolute atomic E-state index is 0.0541. The van der Waals surface area contributed by atoms with E-state index in [0.717, 1.165) is 11.6 Å². The Bertz CT molecular complexity index is 976. The van der Waals surface area contributed by atoms with Crippen molar-refractivity contribution in [2.45, 2.75) is 18.5 Å². The van der Waals surface area contributed by atoms with E-state index < -0.39 is 0 Å². The molecule has 1 aromatic heterocycles. The Balaban J connectivity index is 1.51. The van der Waals surface area contributed by atoms with Gasteiger partial charge in [-0.2, -0.15) is 0 Å². The number of hydrogen-bond acceptors (Lipinski definition) is 5. The van der Waals surface area contributed by atoms with Crippen LogP contribution in [0.5, 0.6) is 0 Å². The zero-order valence-corrected chi connectivity index (χ0v) is 13.5. The van der Waals surface area contributed by atoms with E-state index in [9.17, 15) is 14.8 Å². The second kappa shape index (κ2) is 4.51. The third-order valence-electron chi connectivity index (χ3n) is 6.88. The van der Waals surface area contributed by atoms with Crippen molar-refractivity contribution in [1.82, 2.24) is 24.5 Å². The Morgan fingerprint density at radius 3 is 2.56 bits per heavy atom. The standard InChI is InChI=1S/C17H18N5O3/c23-16-20(9-4-2-1-3-5-9)17(24)22-15-10-6-13(21(16)22)14(15)11-7-18-19(25)8-12(10)11/h1-5,10-15,18H,6-8H2/q-1. The van der Waals surface area contributed by atoms with E-state index in [2.05, 4.69) is 5.43 Å². The minimum Gasteiger partial charge on any atom is -0.772 e. The molecule has 8 nitrogen and oxygen atoms in total. The van der Waals surface area contributed by atoms with E-state index in [-0.39, 0.29) is 23.5 Å². The molecule has 1 N–H and O–H groups in total. The summed E-state index contributed by atoms with van der Waals surface area (Å²) in [5, 5.41) is 12.7. The van der Waals surface area contributed by atoms with Gasteiger partial charge in [0.25, 0.3) is 0 Å². The molecule has 2 aliphatic heterocycles. The predicted octanol–water partition coefficient (Wildman–Crippen LogP) is 0.0966. The zero-order valence-electron chi connectivity index (χ0n) is 13.5. The summed E-state index contributed by atoms with van der Waals surface area (Å²) >= 11 is 0. The first-order chi connectivity index (χ1) is 12.2. The number of hydrazine groups is 1. The summed E-state index contributed by atoms with van der Waals surface area (Å²) in [5.41, 5.74) is 3.02. The third kappa shape index (κ3) is 1.53. The lowest BCUT2D eigenvalue weighted by atomic mass is 9.76. The quantitative estimate of drug-likeness (QED) is 0.795. The molecule has 2 saturated carbocycles. The Kier molecular flexibility index (Phi) is 2.54. The van der Waals surface area contributed by atoms with Crippen molar-refractivity contribution in [1.29, 1.82) is 0 Å². The van der Waals surface area contributed by atoms with Gasteiger partial charge < -0.3 is 10.4 Å². The van der Waals surface area contributed by atoms with E-state index >= 15 is 0 Å². The molecule has 25 heavy (non-hydrogen) atoms. The van der Waals surface area contributed by atoms with Crippen LogP contribution in [-0.4, -0.2) is 32.2 Å². The number of para-hydroxylation sites is 1. The highest BCUT2D eigenvalue weighted by Crippen LogP contribution is 2.65. The maximum atomic E-state index is 13.1. The van der Waals surface area contributed by atoms with Gasteiger partial charge in [0.05, 0.1) is 17.8 Å². The Labute approximate surface area is 142 Å². The summed E-state index contributed by atoms with van der Waals surface area (Å²) in [6.45, 7) is 1.13. The summed E-state index contributed by atoms with van der Waals surface area (Å²) < 4.78 is 4.68. The maximum Gasteiger partial charge on any atom is 0.352 e. The van der Waals surface area contributed by atoms with Crippen molar-refractivity contribution >= 4 is 0 Å². The lowest BCUT2D eigenvalue weighted by Crippen LogP contribution is -2.52. The van der Waals surface area contributed by atoms with Crippen LogP contribution in [0.2, 0.25) is 0 Å². The van der Waals surface area contributed by atoms with Crippen LogP contribution >= 0.6 is 0 Å². The van der Waals surface area contributed by atoms with Gasteiger partial charge >= 0.3 is 11.4 Å². The molecular formula is C17H18N5O3-. The van der Waals surface area contributed by atoms with E-state index in [0.29, 0.717) is 42.4 Å². The van der Waals surface area contributed by atoms with Crippen molar-refractivity contribution in [3.63, 3.8) is 0 Å². The second-order valence-corrected chi connectivity index (χ2v) is 7.71. The van der Waals surface area contributed by atoms with Crippen molar-refractivity contribution < 1.29 is 0 Å². The van der Waals surface area contributed by atoms with Crippen LogP contribution in [0.4, 0.5) is 0 Å². The molecule has 2 aliphatic carbocycles. The highest BCUT2D eigenvalue weighted by atomic mass is 16.5. The second-order valence-electron chi connectivity index (χ2n) is 7.71. The molecule has 4 bridgehead atoms. The summed E-state index contributed by atoms with van der Waals surface area (Å²) in [6.07, 6.45) is 0.905. The molecule has 1 saturated heterocycles. The highest BCUT2D eigenvalue weighted by Gasteiger charge is 2.66. The summed E-state index contributed by atoms with van der Waals surface area (Å²) in [6, 6.07) is 9.24. The zero-order chi connectivity index (χ0) is 16.9. The average Bonchev–Trinajstić information content (AvgIpc) is 3.31. The molecular weight excluding hydrogens is 322 g/mol. The van der Waals surface area contributed by atoms with Crippen molar-refractivity contribution in [3.05, 3.63) is 56.5 Å². The van der Waals surface area contributed by atoms with Crippen molar-refractivity contribution in [2.24, 2.45) is 23.7 Å². The Morgan fingerprint density at radius 2 is 1.76 bits per heavy atom. The SMILES string of the molecule is O=c1n(-c2ccccc2)c(=O)n2n1C1CC3C4CN([O-])NCC4C1C32. The predicted molar refractivity (Wildman–Crippen MR) is 89.0 cm³/mol. The first-order valence-corrected chi connectivity index (χ1v) is 8.86. The monoisotopic (exact) mass is 340 g/mol. The number of hydrogen-bond donors (Lipinski definition) is 1. The average molecular weight is 340 g/mol. The molecule has 0 spiro atoms. The number of fused-ring (bicyclic) bond motifs is 4. The van der Waals surface area contributed by atoms with Gasteiger partial charge in [-0.05, 0) is 36.3 Å². The molecule has 0 radical (unpaired) electrons. The van der Waals surface area contributed by atoms with Gasteiger partial charge in [0.2, 0.25) is 0 Å². The normalized spacial score (nSPS) is 38.1. The maximum absolute atomic E-state index is 13.1. The molecule has 0 amide bonds. The van der Waals surface area contributed by atoms with Crippen LogP contribution in [0.25, 0.3) is 5.69 Å². The van der Waals surface area contributed by atoms with Gasteiger partial charge in [-0.15, -0.1) is 0 Å². The summed E-state index contributed by atoms with van der Waals surface area (Å²) in [7, 11) is 0. The molecule has 6 unspecified atom stereocenters. The molecule has 8 heteroatoms. The third-order valence-corrected chi connectivity index (χ3v) is 6.88. The van der Waals surface area contributed by atoms with Crippen LogP contribution < -0.4 is 16.8 Å². The van der Waals surface area contributed by atoms with Crippen LogP contribution in [0.15, 0.2) is 39.9 Å². The number of rotatable bonds is 1. The minimum atomic E-state index is -0.246. The topological polar surface area (TPSA) is 87.3 Å². The first-order valence-electron chi connectivity index (χ1n) is 8.86. The lowest BCUT2D eigenvalue weighted by Gasteiger charge is -2.46. The molecule has 4 aliphatic rings. The van der Waals surface area contributed by atoms with Crippen LogP contribution in [-0.2, 0) is 0 Å². The van der Waals surface area contributed by atoms with Gasteiger partial charge in [0.15, 0.2) is 0 Å². The molecule has 3 fully saturated rings. The Hall–Kier alpha value is -2.16. The van der Waals surface area contributed by atoms with Crippen LogP contribution in [0.1, 0.15) is 18.5 Å². The number of nitrogens with zero attached hydrogens (tertiary/aromatic N) is 4. The molecule has 1 aromatic carbocycles. The van der Waals surface area contributed by atoms with Crippen LogP contribution in [0.3, 0.4) is 0 Å². The number of benzene rings is 1. The number of hydroxylamine groups is 1. The van der Waals surface area contributed by atoms with E-state index in [1.54, 1.807) is 21.5 Å². The fraction of sp³-hybridized carbons (Fsp3) is 0.529. The highest BCUT2D eigenvalue weighted by molar-refractivity contribution is 5.31. The van der Waals surface area contributed by atoms with Crippen molar-refractivity contribution in [2.75, 3.05) is 13.1 Å². The van der Waals surface area contributed by atoms with E-state index in [1.807, 2.05) is 18.2 Å². The molecule has 3 heterocycles. The fourth-order valence-corrected chi connectivity index (χ4v) is 6.13. The molecule has 2 aromatic rings. The lowest BCUT2D eigenvalue weighted by molar-refractivity contribution is 0.0492. The van der Waals surface area contributed by atoms with Gasteiger partial charge in [-0.25, -0.2) is 23.5 Å². The number of nitrogens with one attached hydrogen (secondary N) is 1. The van der Waals surface area contributed by atoms with Gasteiger partial charge in [-0.1, -0.05) is 18.2 Å².